The molecule has 21 heavy (non-hydrogen) atoms. The Morgan fingerprint density at radius 2 is 2.05 bits per heavy atom. The Morgan fingerprint density at radius 1 is 1.29 bits per heavy atom. The predicted molar refractivity (Wildman–Crippen MR) is 80.5 cm³/mol. The number of carbonyl (C=O) groups excluding carboxylic acids is 1. The minimum Gasteiger partial charge on any atom is -0.481 e. The number of carboxylic acids is 1. The maximum atomic E-state index is 11.6. The Kier molecular flexibility index (Phi) is 5.07. The van der Waals surface area contributed by atoms with Crippen molar-refractivity contribution in [1.29, 1.82) is 0 Å². The van der Waals surface area contributed by atoms with Gasteiger partial charge in [-0.05, 0) is 42.4 Å². The van der Waals surface area contributed by atoms with Crippen LogP contribution in [0.15, 0.2) is 24.3 Å². The van der Waals surface area contributed by atoms with Gasteiger partial charge in [0, 0.05) is 18.1 Å². The summed E-state index contributed by atoms with van der Waals surface area (Å²) in [5.74, 6) is -0.921. The largest absolute Gasteiger partial charge is 0.481 e. The van der Waals surface area contributed by atoms with Crippen molar-refractivity contribution in [3.8, 4) is 0 Å². The van der Waals surface area contributed by atoms with Crippen LogP contribution in [0.1, 0.15) is 24.8 Å². The van der Waals surface area contributed by atoms with Gasteiger partial charge in [-0.3, -0.25) is 4.79 Å². The molecule has 0 bridgehead atoms. The highest BCUT2D eigenvalue weighted by Crippen LogP contribution is 2.47. The average molecular weight is 311 g/mol. The van der Waals surface area contributed by atoms with E-state index in [9.17, 15) is 9.59 Å². The Bertz CT molecular complexity index is 529. The van der Waals surface area contributed by atoms with Gasteiger partial charge >= 0.3 is 12.0 Å². The van der Waals surface area contributed by atoms with Crippen LogP contribution >= 0.6 is 11.6 Å². The van der Waals surface area contributed by atoms with Gasteiger partial charge in [0.05, 0.1) is 6.42 Å². The molecule has 1 saturated carbocycles. The van der Waals surface area contributed by atoms with E-state index in [0.29, 0.717) is 6.54 Å². The summed E-state index contributed by atoms with van der Waals surface area (Å²) in [6, 6.07) is 7.46. The summed E-state index contributed by atoms with van der Waals surface area (Å²) in [7, 11) is 0. The molecule has 0 spiro atoms. The first-order valence-electron chi connectivity index (χ1n) is 6.97. The van der Waals surface area contributed by atoms with Gasteiger partial charge in [0.15, 0.2) is 0 Å². The lowest BCUT2D eigenvalue weighted by atomic mass is 9.96. The van der Waals surface area contributed by atoms with Crippen molar-refractivity contribution < 1.29 is 14.7 Å². The molecule has 0 radical (unpaired) electrons. The number of carbonyl (C=O) groups is 2. The van der Waals surface area contributed by atoms with E-state index in [4.69, 9.17) is 16.7 Å². The molecular weight excluding hydrogens is 292 g/mol. The number of urea groups is 1. The number of halogens is 1. The fraction of sp³-hybridized carbons (Fsp3) is 0.467. The summed E-state index contributed by atoms with van der Waals surface area (Å²) in [6.07, 6.45) is 2.98. The van der Waals surface area contributed by atoms with Crippen molar-refractivity contribution in [2.24, 2.45) is 5.41 Å². The van der Waals surface area contributed by atoms with Gasteiger partial charge in [-0.25, -0.2) is 4.79 Å². The average Bonchev–Trinajstić information content (AvgIpc) is 3.16. The lowest BCUT2D eigenvalue weighted by molar-refractivity contribution is -0.136. The van der Waals surface area contributed by atoms with Gasteiger partial charge in [-0.1, -0.05) is 23.7 Å². The Morgan fingerprint density at radius 3 is 2.67 bits per heavy atom. The van der Waals surface area contributed by atoms with Gasteiger partial charge < -0.3 is 15.7 Å². The zero-order valence-corrected chi connectivity index (χ0v) is 12.4. The molecule has 1 fully saturated rings. The van der Waals surface area contributed by atoms with Gasteiger partial charge in [0.2, 0.25) is 0 Å². The van der Waals surface area contributed by atoms with E-state index in [0.717, 1.165) is 24.3 Å². The first kappa shape index (κ1) is 15.6. The van der Waals surface area contributed by atoms with Gasteiger partial charge in [-0.2, -0.15) is 0 Å². The van der Waals surface area contributed by atoms with Crippen LogP contribution in [0.25, 0.3) is 0 Å². The molecule has 2 amide bonds. The minimum absolute atomic E-state index is 0.0684. The molecule has 1 aliphatic rings. The number of hydrogen-bond donors (Lipinski definition) is 3. The van der Waals surface area contributed by atoms with E-state index in [1.807, 2.05) is 24.3 Å². The molecule has 2 rings (SSSR count). The Hall–Kier alpha value is -1.75. The predicted octanol–water partition coefficient (Wildman–Crippen LogP) is 2.44. The number of carboxylic acid groups (broad SMARTS) is 1. The molecule has 0 aromatic heterocycles. The summed E-state index contributed by atoms with van der Waals surface area (Å²) in [4.78, 5) is 21.9. The maximum absolute atomic E-state index is 11.6. The zero-order valence-electron chi connectivity index (χ0n) is 11.7. The topological polar surface area (TPSA) is 78.4 Å². The number of rotatable bonds is 7. The molecule has 3 N–H and O–H groups in total. The number of nitrogens with one attached hydrogen (secondary N) is 2. The fourth-order valence-electron chi connectivity index (χ4n) is 2.29. The molecule has 114 valence electrons. The van der Waals surface area contributed by atoms with Crippen LogP contribution in [0.5, 0.6) is 0 Å². The first-order chi connectivity index (χ1) is 9.99. The highest BCUT2D eigenvalue weighted by molar-refractivity contribution is 6.30. The highest BCUT2D eigenvalue weighted by Gasteiger charge is 2.42. The summed E-state index contributed by atoms with van der Waals surface area (Å²) < 4.78 is 0. The second kappa shape index (κ2) is 6.80. The Balaban J connectivity index is 1.75. The maximum Gasteiger partial charge on any atom is 0.314 e. The molecule has 0 atom stereocenters. The van der Waals surface area contributed by atoms with E-state index in [-0.39, 0.29) is 24.4 Å². The van der Waals surface area contributed by atoms with Crippen LogP contribution in [0.3, 0.4) is 0 Å². The van der Waals surface area contributed by atoms with Crippen molar-refractivity contribution in [3.05, 3.63) is 34.9 Å². The molecule has 5 nitrogen and oxygen atoms in total. The lowest BCUT2D eigenvalue weighted by Gasteiger charge is -2.16. The summed E-state index contributed by atoms with van der Waals surface area (Å²) >= 11 is 5.98. The summed E-state index contributed by atoms with van der Waals surface area (Å²) in [6.45, 7) is 0.737. The molecule has 0 unspecified atom stereocenters. The third kappa shape index (κ3) is 5.27. The van der Waals surface area contributed by atoms with Gasteiger partial charge in [0.1, 0.15) is 0 Å². The van der Waals surface area contributed by atoms with Crippen LogP contribution < -0.4 is 10.6 Å². The molecule has 0 saturated heterocycles. The molecule has 0 heterocycles. The van der Waals surface area contributed by atoms with Crippen molar-refractivity contribution in [3.63, 3.8) is 0 Å². The van der Waals surface area contributed by atoms with Crippen LogP contribution in [0.4, 0.5) is 4.79 Å². The van der Waals surface area contributed by atoms with E-state index in [1.165, 1.54) is 5.56 Å². The normalized spacial score (nSPS) is 15.3. The highest BCUT2D eigenvalue weighted by atomic mass is 35.5. The second-order valence-corrected chi connectivity index (χ2v) is 6.00. The van der Waals surface area contributed by atoms with Crippen LogP contribution in [-0.2, 0) is 11.2 Å². The van der Waals surface area contributed by atoms with Gasteiger partial charge in [0.25, 0.3) is 0 Å². The van der Waals surface area contributed by atoms with E-state index in [2.05, 4.69) is 10.6 Å². The quantitative estimate of drug-likeness (QED) is 0.724. The zero-order chi connectivity index (χ0) is 15.3. The number of benzene rings is 1. The second-order valence-electron chi connectivity index (χ2n) is 5.56. The third-order valence-electron chi connectivity index (χ3n) is 3.67. The first-order valence-corrected chi connectivity index (χ1v) is 7.35. The van der Waals surface area contributed by atoms with E-state index < -0.39 is 5.97 Å². The van der Waals surface area contributed by atoms with Crippen molar-refractivity contribution >= 4 is 23.6 Å². The van der Waals surface area contributed by atoms with Crippen LogP contribution in [-0.4, -0.2) is 30.2 Å². The Labute approximate surface area is 128 Å². The van der Waals surface area contributed by atoms with Gasteiger partial charge in [-0.15, -0.1) is 0 Å². The van der Waals surface area contributed by atoms with Crippen molar-refractivity contribution in [1.82, 2.24) is 10.6 Å². The number of amides is 2. The molecule has 1 aromatic carbocycles. The monoisotopic (exact) mass is 310 g/mol. The smallest absolute Gasteiger partial charge is 0.314 e. The number of hydrogen-bond acceptors (Lipinski definition) is 2. The summed E-state index contributed by atoms with van der Waals surface area (Å²) in [5, 5.41) is 14.6. The van der Waals surface area contributed by atoms with E-state index in [1.54, 1.807) is 0 Å². The molecule has 1 aromatic rings. The number of aliphatic carboxylic acids is 1. The fourth-order valence-corrected chi connectivity index (χ4v) is 2.50. The molecule has 6 heteroatoms. The van der Waals surface area contributed by atoms with Crippen molar-refractivity contribution in [2.75, 3.05) is 13.1 Å². The summed E-state index contributed by atoms with van der Waals surface area (Å²) in [5.41, 5.74) is 1.29. The molecule has 1 aliphatic carbocycles. The van der Waals surface area contributed by atoms with Crippen LogP contribution in [0.2, 0.25) is 5.02 Å². The molecular formula is C15H19ClN2O3. The van der Waals surface area contributed by atoms with E-state index >= 15 is 0 Å². The molecule has 0 aliphatic heterocycles. The minimum atomic E-state index is -0.921. The standard InChI is InChI=1S/C15H19ClN2O3/c16-12-3-1-2-11(8-12)9-15(5-6-15)10-18-14(21)17-7-4-13(19)20/h1-3,8H,4-7,9-10H2,(H,19,20)(H2,17,18,21). The third-order valence-corrected chi connectivity index (χ3v) is 3.91. The van der Waals surface area contributed by atoms with Crippen LogP contribution in [0, 0.1) is 5.41 Å². The lowest BCUT2D eigenvalue weighted by Crippen LogP contribution is -2.40. The SMILES string of the molecule is O=C(O)CCNC(=O)NCC1(Cc2cccc(Cl)c2)CC1. The van der Waals surface area contributed by atoms with Crippen molar-refractivity contribution in [2.45, 2.75) is 25.7 Å².